The SMILES string of the molecule is O=C1C=CC(C(=O)N2CCN(Cc3csc(-c4ccc(Cl)cc4)n3)CC2)C=N1. The molecule has 1 fully saturated rings. The van der Waals surface area contributed by atoms with Crippen LogP contribution >= 0.6 is 22.9 Å². The second-order valence-corrected chi connectivity index (χ2v) is 8.05. The van der Waals surface area contributed by atoms with Gasteiger partial charge in [0.05, 0.1) is 11.6 Å². The molecule has 1 aromatic heterocycles. The molecule has 0 N–H and O–H groups in total. The Morgan fingerprint density at radius 1 is 1.18 bits per heavy atom. The topological polar surface area (TPSA) is 65.9 Å². The lowest BCUT2D eigenvalue weighted by Crippen LogP contribution is -2.50. The van der Waals surface area contributed by atoms with Crippen LogP contribution in [-0.2, 0) is 16.1 Å². The fraction of sp³-hybridized carbons (Fsp3) is 0.300. The summed E-state index contributed by atoms with van der Waals surface area (Å²) in [5.41, 5.74) is 2.10. The molecule has 0 radical (unpaired) electrons. The first kappa shape index (κ1) is 19.0. The second kappa shape index (κ2) is 8.34. The normalized spacial score (nSPS) is 20.0. The smallest absolute Gasteiger partial charge is 0.269 e. The standard InChI is InChI=1S/C20H19ClN4O2S/c21-16-4-1-14(2-5-16)19-23-17(13-28-19)12-24-7-9-25(10-8-24)20(27)15-3-6-18(26)22-11-15/h1-6,11,13,15H,7-10,12H2. The summed E-state index contributed by atoms with van der Waals surface area (Å²) in [5, 5.41) is 3.79. The molecule has 28 heavy (non-hydrogen) atoms. The molecule has 8 heteroatoms. The van der Waals surface area contributed by atoms with E-state index in [4.69, 9.17) is 16.6 Å². The Hall–Kier alpha value is -2.35. The number of hydrogen-bond donors (Lipinski definition) is 0. The van der Waals surface area contributed by atoms with E-state index in [9.17, 15) is 9.59 Å². The van der Waals surface area contributed by atoms with E-state index in [1.165, 1.54) is 12.3 Å². The zero-order chi connectivity index (χ0) is 19.5. The third-order valence-corrected chi connectivity index (χ3v) is 6.00. The molecule has 0 bridgehead atoms. The van der Waals surface area contributed by atoms with Crippen LogP contribution in [0.4, 0.5) is 0 Å². The Kier molecular flexibility index (Phi) is 5.66. The Morgan fingerprint density at radius 2 is 1.93 bits per heavy atom. The van der Waals surface area contributed by atoms with Gasteiger partial charge in [0.25, 0.3) is 5.91 Å². The van der Waals surface area contributed by atoms with Gasteiger partial charge in [0, 0.05) is 61.0 Å². The van der Waals surface area contributed by atoms with Gasteiger partial charge < -0.3 is 4.90 Å². The van der Waals surface area contributed by atoms with E-state index >= 15 is 0 Å². The van der Waals surface area contributed by atoms with Crippen LogP contribution in [0.25, 0.3) is 10.6 Å². The van der Waals surface area contributed by atoms with Crippen LogP contribution < -0.4 is 0 Å². The van der Waals surface area contributed by atoms with Crippen molar-refractivity contribution in [1.29, 1.82) is 0 Å². The Morgan fingerprint density at radius 3 is 2.61 bits per heavy atom. The second-order valence-electron chi connectivity index (χ2n) is 6.75. The summed E-state index contributed by atoms with van der Waals surface area (Å²) >= 11 is 7.57. The highest BCUT2D eigenvalue weighted by atomic mass is 35.5. The number of dihydropyridines is 1. The summed E-state index contributed by atoms with van der Waals surface area (Å²) in [6.07, 6.45) is 4.42. The summed E-state index contributed by atoms with van der Waals surface area (Å²) in [6.45, 7) is 3.70. The van der Waals surface area contributed by atoms with Crippen LogP contribution in [-0.4, -0.2) is 59.0 Å². The molecule has 1 saturated heterocycles. The maximum atomic E-state index is 12.5. The lowest BCUT2D eigenvalue weighted by Gasteiger charge is -2.35. The highest BCUT2D eigenvalue weighted by Gasteiger charge is 2.26. The minimum Gasteiger partial charge on any atom is -0.339 e. The first-order valence-electron chi connectivity index (χ1n) is 9.06. The zero-order valence-corrected chi connectivity index (χ0v) is 16.7. The Bertz CT molecular complexity index is 914. The monoisotopic (exact) mass is 414 g/mol. The van der Waals surface area contributed by atoms with Crippen LogP contribution in [0.15, 0.2) is 46.8 Å². The van der Waals surface area contributed by atoms with Gasteiger partial charge in [-0.25, -0.2) is 9.98 Å². The Balaban J connectivity index is 1.31. The van der Waals surface area contributed by atoms with E-state index < -0.39 is 5.92 Å². The number of piperazine rings is 1. The number of thiazole rings is 1. The molecule has 0 spiro atoms. The van der Waals surface area contributed by atoms with Crippen LogP contribution in [0, 0.1) is 5.92 Å². The van der Waals surface area contributed by atoms with Crippen LogP contribution in [0.3, 0.4) is 0 Å². The molecule has 2 aromatic rings. The summed E-state index contributed by atoms with van der Waals surface area (Å²) in [6, 6.07) is 7.70. The van der Waals surface area contributed by atoms with E-state index in [2.05, 4.69) is 15.3 Å². The van der Waals surface area contributed by atoms with Gasteiger partial charge in [0.15, 0.2) is 0 Å². The van der Waals surface area contributed by atoms with Crippen molar-refractivity contribution in [2.75, 3.05) is 26.2 Å². The molecule has 1 unspecified atom stereocenters. The molecule has 4 rings (SSSR count). The minimum absolute atomic E-state index is 0.00540. The van der Waals surface area contributed by atoms with E-state index in [0.29, 0.717) is 13.1 Å². The highest BCUT2D eigenvalue weighted by Crippen LogP contribution is 2.25. The molecule has 2 aliphatic heterocycles. The van der Waals surface area contributed by atoms with Gasteiger partial charge in [-0.3, -0.25) is 14.5 Å². The number of nitrogens with zero attached hydrogens (tertiary/aromatic N) is 4. The van der Waals surface area contributed by atoms with Crippen LogP contribution in [0.1, 0.15) is 5.69 Å². The van der Waals surface area contributed by atoms with Gasteiger partial charge in [-0.1, -0.05) is 29.8 Å². The number of halogens is 1. The molecule has 0 aliphatic carbocycles. The van der Waals surface area contributed by atoms with Crippen molar-refractivity contribution in [2.45, 2.75) is 6.54 Å². The quantitative estimate of drug-likeness (QED) is 0.771. The fourth-order valence-corrected chi connectivity index (χ4v) is 4.19. The first-order chi connectivity index (χ1) is 13.6. The molecule has 1 atom stereocenters. The number of rotatable bonds is 4. The molecule has 3 heterocycles. The van der Waals surface area contributed by atoms with Gasteiger partial charge in [-0.15, -0.1) is 11.3 Å². The van der Waals surface area contributed by atoms with Crippen molar-refractivity contribution in [3.8, 4) is 10.6 Å². The molecule has 1 aromatic carbocycles. The molecule has 2 amide bonds. The zero-order valence-electron chi connectivity index (χ0n) is 15.1. The highest BCUT2D eigenvalue weighted by molar-refractivity contribution is 7.13. The summed E-state index contributed by atoms with van der Waals surface area (Å²) in [4.78, 5) is 36.2. The predicted molar refractivity (Wildman–Crippen MR) is 111 cm³/mol. The molecule has 0 saturated carbocycles. The van der Waals surface area contributed by atoms with Crippen molar-refractivity contribution >= 4 is 41.0 Å². The van der Waals surface area contributed by atoms with Crippen molar-refractivity contribution in [1.82, 2.24) is 14.8 Å². The number of aliphatic imine (C=N–C) groups is 1. The van der Waals surface area contributed by atoms with Gasteiger partial charge in [-0.2, -0.15) is 0 Å². The van der Waals surface area contributed by atoms with E-state index in [1.54, 1.807) is 17.4 Å². The minimum atomic E-state index is -0.426. The summed E-state index contributed by atoms with van der Waals surface area (Å²) in [7, 11) is 0. The summed E-state index contributed by atoms with van der Waals surface area (Å²) < 4.78 is 0. The van der Waals surface area contributed by atoms with Crippen molar-refractivity contribution < 1.29 is 9.59 Å². The predicted octanol–water partition coefficient (Wildman–Crippen LogP) is 2.89. The van der Waals surface area contributed by atoms with Crippen LogP contribution in [0.5, 0.6) is 0 Å². The largest absolute Gasteiger partial charge is 0.339 e. The maximum Gasteiger partial charge on any atom is 0.269 e. The summed E-state index contributed by atoms with van der Waals surface area (Å²) in [5.74, 6) is -0.731. The Labute approximate surface area is 172 Å². The van der Waals surface area contributed by atoms with E-state index in [0.717, 1.165) is 40.9 Å². The lowest BCUT2D eigenvalue weighted by atomic mass is 10.1. The van der Waals surface area contributed by atoms with Crippen molar-refractivity contribution in [2.24, 2.45) is 10.9 Å². The maximum absolute atomic E-state index is 12.5. The third-order valence-electron chi connectivity index (χ3n) is 4.81. The number of amides is 2. The average Bonchev–Trinajstić information content (AvgIpc) is 3.18. The number of carbonyl (C=O) groups is 2. The first-order valence-corrected chi connectivity index (χ1v) is 10.3. The molecule has 2 aliphatic rings. The van der Waals surface area contributed by atoms with Gasteiger partial charge >= 0.3 is 0 Å². The van der Waals surface area contributed by atoms with Gasteiger partial charge in [0.2, 0.25) is 5.91 Å². The molecular weight excluding hydrogens is 396 g/mol. The number of carbonyl (C=O) groups excluding carboxylic acids is 2. The average molecular weight is 415 g/mol. The third kappa shape index (κ3) is 4.38. The van der Waals surface area contributed by atoms with Crippen molar-refractivity contribution in [3.63, 3.8) is 0 Å². The molecule has 144 valence electrons. The van der Waals surface area contributed by atoms with E-state index in [-0.39, 0.29) is 11.8 Å². The number of hydrogen-bond acceptors (Lipinski definition) is 5. The van der Waals surface area contributed by atoms with Crippen molar-refractivity contribution in [3.05, 3.63) is 52.5 Å². The van der Waals surface area contributed by atoms with Gasteiger partial charge in [0.1, 0.15) is 5.01 Å². The van der Waals surface area contributed by atoms with Crippen LogP contribution in [0.2, 0.25) is 5.02 Å². The fourth-order valence-electron chi connectivity index (χ4n) is 3.25. The number of benzene rings is 1. The number of aromatic nitrogens is 1. The lowest BCUT2D eigenvalue weighted by molar-refractivity contribution is -0.133. The van der Waals surface area contributed by atoms with E-state index in [1.807, 2.05) is 29.2 Å². The molecule has 6 nitrogen and oxygen atoms in total. The molecular formula is C20H19ClN4O2S. The van der Waals surface area contributed by atoms with Gasteiger partial charge in [-0.05, 0) is 12.1 Å².